The molecule has 0 spiro atoms. The molecule has 1 aromatic heterocycles. The van der Waals surface area contributed by atoms with Gasteiger partial charge in [-0.25, -0.2) is 0 Å². The minimum absolute atomic E-state index is 0.324. The van der Waals surface area contributed by atoms with Crippen molar-refractivity contribution in [2.24, 2.45) is 0 Å². The average Bonchev–Trinajstić information content (AvgIpc) is 2.47. The van der Waals surface area contributed by atoms with Crippen molar-refractivity contribution < 1.29 is 4.74 Å². The van der Waals surface area contributed by atoms with E-state index in [9.17, 15) is 0 Å². The molecule has 0 fully saturated rings. The molecule has 1 heterocycles. The fourth-order valence-electron chi connectivity index (χ4n) is 1.65. The molecule has 0 bridgehead atoms. The summed E-state index contributed by atoms with van der Waals surface area (Å²) < 4.78 is 5.11. The van der Waals surface area contributed by atoms with Gasteiger partial charge >= 0.3 is 0 Å². The number of hydrogen-bond donors (Lipinski definition) is 2. The van der Waals surface area contributed by atoms with Crippen LogP contribution in [0.5, 0.6) is 5.75 Å². The Labute approximate surface area is 128 Å². The molecule has 21 heavy (non-hydrogen) atoms. The summed E-state index contributed by atoms with van der Waals surface area (Å²) in [6, 6.07) is 5.69. The van der Waals surface area contributed by atoms with Crippen molar-refractivity contribution in [1.82, 2.24) is 15.2 Å². The van der Waals surface area contributed by atoms with E-state index in [1.807, 2.05) is 6.07 Å². The lowest BCUT2D eigenvalue weighted by Crippen LogP contribution is -2.15. The predicted octanol–water partition coefficient (Wildman–Crippen LogP) is 3.49. The lowest BCUT2D eigenvalue weighted by molar-refractivity contribution is 0.415. The van der Waals surface area contributed by atoms with Crippen LogP contribution < -0.4 is 15.4 Å². The van der Waals surface area contributed by atoms with E-state index in [0.717, 1.165) is 12.1 Å². The summed E-state index contributed by atoms with van der Waals surface area (Å²) in [7, 11) is 1.57. The molecule has 2 rings (SSSR count). The van der Waals surface area contributed by atoms with Gasteiger partial charge in [-0.15, -0.1) is 5.10 Å². The summed E-state index contributed by atoms with van der Waals surface area (Å²) >= 11 is 6.08. The van der Waals surface area contributed by atoms with Gasteiger partial charge in [0.1, 0.15) is 5.75 Å². The first-order chi connectivity index (χ1) is 10.1. The highest BCUT2D eigenvalue weighted by Gasteiger charge is 2.06. The van der Waals surface area contributed by atoms with E-state index in [-0.39, 0.29) is 0 Å². The van der Waals surface area contributed by atoms with E-state index in [1.54, 1.807) is 25.4 Å². The van der Waals surface area contributed by atoms with Gasteiger partial charge in [-0.1, -0.05) is 18.5 Å². The van der Waals surface area contributed by atoms with Gasteiger partial charge in [-0.05, 0) is 31.5 Å². The van der Waals surface area contributed by atoms with Crippen LogP contribution in [0, 0.1) is 0 Å². The Morgan fingerprint density at radius 1 is 1.38 bits per heavy atom. The minimum Gasteiger partial charge on any atom is -0.495 e. The van der Waals surface area contributed by atoms with E-state index in [2.05, 4.69) is 39.7 Å². The number of nitrogens with one attached hydrogen (secondary N) is 2. The molecule has 1 aromatic carbocycles. The fraction of sp³-hybridized carbons (Fsp3) is 0.357. The van der Waals surface area contributed by atoms with Crippen molar-refractivity contribution in [3.8, 4) is 5.75 Å². The molecule has 2 N–H and O–H groups in total. The molecule has 1 unspecified atom stereocenters. The summed E-state index contributed by atoms with van der Waals surface area (Å²) in [6.07, 6.45) is 2.60. The van der Waals surface area contributed by atoms with Crippen molar-refractivity contribution in [3.05, 3.63) is 29.4 Å². The maximum absolute atomic E-state index is 6.08. The number of hydrogen-bond acceptors (Lipinski definition) is 6. The normalized spacial score (nSPS) is 11.8. The Hall–Kier alpha value is -2.08. The first-order valence-electron chi connectivity index (χ1n) is 6.69. The van der Waals surface area contributed by atoms with E-state index in [4.69, 9.17) is 16.3 Å². The maximum Gasteiger partial charge on any atom is 0.249 e. The standard InChI is InChI=1S/C14H18ClN5O/c1-4-9(2)17-13-8-16-20-14(19-13)18-10-5-6-12(21-3)11(15)7-10/h5-9H,4H2,1-3H3,(H2,17,18,19,20). The monoisotopic (exact) mass is 307 g/mol. The molecule has 112 valence electrons. The minimum atomic E-state index is 0.324. The van der Waals surface area contributed by atoms with Gasteiger partial charge in [0.05, 0.1) is 18.3 Å². The first-order valence-corrected chi connectivity index (χ1v) is 7.07. The molecule has 7 heteroatoms. The molecular weight excluding hydrogens is 290 g/mol. The van der Waals surface area contributed by atoms with Crippen LogP contribution >= 0.6 is 11.6 Å². The molecule has 6 nitrogen and oxygen atoms in total. The Morgan fingerprint density at radius 3 is 2.86 bits per heavy atom. The van der Waals surface area contributed by atoms with E-state index >= 15 is 0 Å². The maximum atomic E-state index is 6.08. The summed E-state index contributed by atoms with van der Waals surface area (Å²) in [5.74, 6) is 1.71. The highest BCUT2D eigenvalue weighted by molar-refractivity contribution is 6.32. The summed E-state index contributed by atoms with van der Waals surface area (Å²) in [5, 5.41) is 14.7. The van der Waals surface area contributed by atoms with Crippen molar-refractivity contribution in [3.63, 3.8) is 0 Å². The van der Waals surface area contributed by atoms with Crippen LogP contribution in [0.1, 0.15) is 20.3 Å². The van der Waals surface area contributed by atoms with Crippen molar-refractivity contribution in [2.45, 2.75) is 26.3 Å². The molecule has 0 aliphatic heterocycles. The van der Waals surface area contributed by atoms with Crippen LogP contribution in [0.25, 0.3) is 0 Å². The van der Waals surface area contributed by atoms with Gasteiger partial charge in [0, 0.05) is 11.7 Å². The summed E-state index contributed by atoms with van der Waals surface area (Å²) in [5.41, 5.74) is 0.767. The van der Waals surface area contributed by atoms with Gasteiger partial charge in [-0.2, -0.15) is 10.1 Å². The van der Waals surface area contributed by atoms with Crippen LogP contribution in [0.4, 0.5) is 17.5 Å². The third kappa shape index (κ3) is 4.19. The molecule has 0 amide bonds. The molecule has 0 saturated carbocycles. The topological polar surface area (TPSA) is 72.0 Å². The van der Waals surface area contributed by atoms with Crippen molar-refractivity contribution >= 4 is 29.1 Å². The second-order valence-electron chi connectivity index (χ2n) is 4.59. The number of aromatic nitrogens is 3. The Balaban J connectivity index is 2.12. The highest BCUT2D eigenvalue weighted by Crippen LogP contribution is 2.28. The lowest BCUT2D eigenvalue weighted by atomic mass is 10.3. The van der Waals surface area contributed by atoms with E-state index in [1.165, 1.54) is 0 Å². The lowest BCUT2D eigenvalue weighted by Gasteiger charge is -2.12. The van der Waals surface area contributed by atoms with Gasteiger partial charge in [0.2, 0.25) is 5.95 Å². The van der Waals surface area contributed by atoms with Crippen molar-refractivity contribution in [2.75, 3.05) is 17.7 Å². The number of halogens is 1. The zero-order valence-electron chi connectivity index (χ0n) is 12.2. The molecular formula is C14H18ClN5O. The van der Waals surface area contributed by atoms with Crippen LogP contribution in [0.3, 0.4) is 0 Å². The smallest absolute Gasteiger partial charge is 0.249 e. The number of anilines is 3. The number of benzene rings is 1. The zero-order chi connectivity index (χ0) is 15.2. The van der Waals surface area contributed by atoms with Crippen LogP contribution in [0.2, 0.25) is 5.02 Å². The van der Waals surface area contributed by atoms with Gasteiger partial charge in [-0.3, -0.25) is 0 Å². The first kappa shape index (κ1) is 15.3. The third-order valence-electron chi connectivity index (χ3n) is 2.97. The van der Waals surface area contributed by atoms with Gasteiger partial charge in [0.25, 0.3) is 0 Å². The SMILES string of the molecule is CCC(C)Nc1cnnc(Nc2ccc(OC)c(Cl)c2)n1. The Bertz CT molecular complexity index is 608. The second kappa shape index (κ2) is 7.08. The largest absolute Gasteiger partial charge is 0.495 e. The van der Waals surface area contributed by atoms with Gasteiger partial charge in [0.15, 0.2) is 5.82 Å². The van der Waals surface area contributed by atoms with Crippen LogP contribution in [-0.4, -0.2) is 28.3 Å². The third-order valence-corrected chi connectivity index (χ3v) is 3.27. The Kier molecular flexibility index (Phi) is 5.16. The van der Waals surface area contributed by atoms with E-state index in [0.29, 0.717) is 28.6 Å². The van der Waals surface area contributed by atoms with Crippen molar-refractivity contribution in [1.29, 1.82) is 0 Å². The zero-order valence-corrected chi connectivity index (χ0v) is 13.0. The van der Waals surface area contributed by atoms with Crippen LogP contribution in [-0.2, 0) is 0 Å². The number of rotatable bonds is 6. The quantitative estimate of drug-likeness (QED) is 0.851. The fourth-order valence-corrected chi connectivity index (χ4v) is 1.91. The number of ether oxygens (including phenoxy) is 1. The summed E-state index contributed by atoms with van der Waals surface area (Å²) in [4.78, 5) is 4.36. The molecule has 0 saturated heterocycles. The predicted molar refractivity (Wildman–Crippen MR) is 84.5 cm³/mol. The highest BCUT2D eigenvalue weighted by atomic mass is 35.5. The molecule has 2 aromatic rings. The average molecular weight is 308 g/mol. The van der Waals surface area contributed by atoms with E-state index < -0.39 is 0 Å². The second-order valence-corrected chi connectivity index (χ2v) is 5.00. The molecule has 0 radical (unpaired) electrons. The molecule has 0 aliphatic rings. The number of methoxy groups -OCH3 is 1. The molecule has 0 aliphatic carbocycles. The molecule has 1 atom stereocenters. The number of nitrogens with zero attached hydrogens (tertiary/aromatic N) is 3. The van der Waals surface area contributed by atoms with Crippen LogP contribution in [0.15, 0.2) is 24.4 Å². The summed E-state index contributed by atoms with van der Waals surface area (Å²) in [6.45, 7) is 4.18. The Morgan fingerprint density at radius 2 is 2.19 bits per heavy atom. The van der Waals surface area contributed by atoms with Gasteiger partial charge < -0.3 is 15.4 Å².